The summed E-state index contributed by atoms with van der Waals surface area (Å²) in [6.07, 6.45) is 0.163. The van der Waals surface area contributed by atoms with Crippen molar-refractivity contribution in [2.75, 3.05) is 53.2 Å². The van der Waals surface area contributed by atoms with Gasteiger partial charge in [-0.25, -0.2) is 13.9 Å². The summed E-state index contributed by atoms with van der Waals surface area (Å²) in [5, 5.41) is 9.35. The lowest BCUT2D eigenvalue weighted by atomic mass is 9.95. The summed E-state index contributed by atoms with van der Waals surface area (Å²) in [5.41, 5.74) is 3.33. The Balaban J connectivity index is 1.75. The molecular weight excluding hydrogens is 472 g/mol. The van der Waals surface area contributed by atoms with Crippen LogP contribution in [0.3, 0.4) is 0 Å². The highest BCUT2D eigenvalue weighted by atomic mass is 32.2. The van der Waals surface area contributed by atoms with Gasteiger partial charge in [0.15, 0.2) is 14.6 Å². The van der Waals surface area contributed by atoms with E-state index in [1.807, 2.05) is 31.2 Å². The highest BCUT2D eigenvalue weighted by molar-refractivity contribution is 7.93. The number of nitrogens with zero attached hydrogens (tertiary/aromatic N) is 1. The number of hydrogen-bond acceptors (Lipinski definition) is 8. The van der Waals surface area contributed by atoms with Crippen molar-refractivity contribution in [3.05, 3.63) is 48.5 Å². The molecule has 1 saturated heterocycles. The number of hydroxylamine groups is 1. The number of likely N-dealkylation sites (tertiary alicyclic amines) is 1. The van der Waals surface area contributed by atoms with Crippen molar-refractivity contribution in [3.8, 4) is 16.9 Å². The molecule has 0 bridgehead atoms. The number of ether oxygens (including phenoxy) is 3. The van der Waals surface area contributed by atoms with Gasteiger partial charge in [0.05, 0.1) is 18.1 Å². The Morgan fingerprint density at radius 1 is 1.00 bits per heavy atom. The molecule has 2 aromatic rings. The predicted molar refractivity (Wildman–Crippen MR) is 131 cm³/mol. The summed E-state index contributed by atoms with van der Waals surface area (Å²) in [4.78, 5) is 14.8. The third kappa shape index (κ3) is 6.20. The van der Waals surface area contributed by atoms with Crippen LogP contribution in [0.2, 0.25) is 0 Å². The van der Waals surface area contributed by atoms with Crippen LogP contribution < -0.4 is 10.2 Å². The van der Waals surface area contributed by atoms with Crippen molar-refractivity contribution >= 4 is 15.7 Å². The molecule has 1 fully saturated rings. The molecule has 35 heavy (non-hydrogen) atoms. The van der Waals surface area contributed by atoms with Crippen molar-refractivity contribution in [2.45, 2.75) is 29.4 Å². The summed E-state index contributed by atoms with van der Waals surface area (Å²) in [5.74, 6) is -0.172. The molecule has 2 aromatic carbocycles. The maximum atomic E-state index is 13.6. The van der Waals surface area contributed by atoms with Crippen LogP contribution in [0.15, 0.2) is 53.4 Å². The van der Waals surface area contributed by atoms with Crippen LogP contribution in [-0.2, 0) is 24.1 Å². The molecular formula is C25H34N2O7S. The standard InChI is InChI=1S/C25H34N2O7S/c1-3-33-18-19-34-22-8-4-20(5-9-22)21-6-10-23(11-7-21)35(30,31)25(24(28)26-29)12-14-27(15-13-25)16-17-32-2/h4-11,29H,3,12-19H2,1-2H3,(H,26,28). The van der Waals surface area contributed by atoms with Crippen LogP contribution in [-0.4, -0.2) is 82.4 Å². The van der Waals surface area contributed by atoms with Crippen LogP contribution in [0.25, 0.3) is 11.1 Å². The lowest BCUT2D eigenvalue weighted by molar-refractivity contribution is -0.133. The molecule has 0 aliphatic carbocycles. The van der Waals surface area contributed by atoms with E-state index in [2.05, 4.69) is 4.90 Å². The number of sulfone groups is 1. The van der Waals surface area contributed by atoms with Crippen molar-refractivity contribution in [1.29, 1.82) is 0 Å². The number of benzene rings is 2. The highest BCUT2D eigenvalue weighted by Crippen LogP contribution is 2.36. The maximum absolute atomic E-state index is 13.6. The molecule has 10 heteroatoms. The maximum Gasteiger partial charge on any atom is 0.265 e. The van der Waals surface area contributed by atoms with Gasteiger partial charge in [-0.05, 0) is 55.2 Å². The highest BCUT2D eigenvalue weighted by Gasteiger charge is 2.52. The van der Waals surface area contributed by atoms with Crippen molar-refractivity contribution in [2.24, 2.45) is 0 Å². The largest absolute Gasteiger partial charge is 0.491 e. The number of hydrogen-bond donors (Lipinski definition) is 2. The molecule has 2 N–H and O–H groups in total. The second kappa shape index (κ2) is 12.5. The smallest absolute Gasteiger partial charge is 0.265 e. The minimum absolute atomic E-state index is 0.0473. The fraction of sp³-hybridized carbons (Fsp3) is 0.480. The second-order valence-corrected chi connectivity index (χ2v) is 10.6. The van der Waals surface area contributed by atoms with Gasteiger partial charge in [0.1, 0.15) is 12.4 Å². The van der Waals surface area contributed by atoms with E-state index < -0.39 is 20.5 Å². The first-order chi connectivity index (χ1) is 16.9. The first-order valence-electron chi connectivity index (χ1n) is 11.7. The summed E-state index contributed by atoms with van der Waals surface area (Å²) >= 11 is 0. The van der Waals surface area contributed by atoms with Crippen LogP contribution in [0.5, 0.6) is 5.75 Å². The molecule has 192 valence electrons. The zero-order valence-electron chi connectivity index (χ0n) is 20.2. The summed E-state index contributed by atoms with van der Waals surface area (Å²) < 4.78 is 41.5. The van der Waals surface area contributed by atoms with E-state index in [0.717, 1.165) is 16.9 Å². The van der Waals surface area contributed by atoms with E-state index in [9.17, 15) is 18.4 Å². The number of carbonyl (C=O) groups excluding carboxylic acids is 1. The van der Waals surface area contributed by atoms with Gasteiger partial charge in [-0.3, -0.25) is 10.0 Å². The third-order valence-corrected chi connectivity index (χ3v) is 8.87. The number of nitrogens with one attached hydrogen (secondary N) is 1. The minimum atomic E-state index is -4.06. The van der Waals surface area contributed by atoms with Crippen molar-refractivity contribution in [1.82, 2.24) is 10.4 Å². The van der Waals surface area contributed by atoms with Crippen LogP contribution in [0.1, 0.15) is 19.8 Å². The lowest BCUT2D eigenvalue weighted by Crippen LogP contribution is -2.58. The molecule has 0 aromatic heterocycles. The third-order valence-electron chi connectivity index (χ3n) is 6.36. The van der Waals surface area contributed by atoms with Gasteiger partial charge in [0.25, 0.3) is 5.91 Å². The van der Waals surface area contributed by atoms with Gasteiger partial charge < -0.3 is 19.1 Å². The number of rotatable bonds is 12. The minimum Gasteiger partial charge on any atom is -0.491 e. The SMILES string of the molecule is CCOCCOc1ccc(-c2ccc(S(=O)(=O)C3(C(=O)NO)CCN(CCOC)CC3)cc2)cc1. The van der Waals surface area contributed by atoms with E-state index in [1.54, 1.807) is 24.7 Å². The zero-order chi connectivity index (χ0) is 25.3. The molecule has 0 saturated carbocycles. The molecule has 0 unspecified atom stereocenters. The van der Waals surface area contributed by atoms with E-state index in [0.29, 0.717) is 46.1 Å². The quantitative estimate of drug-likeness (QED) is 0.256. The lowest BCUT2D eigenvalue weighted by Gasteiger charge is -2.39. The molecule has 1 aliphatic heterocycles. The summed E-state index contributed by atoms with van der Waals surface area (Å²) in [7, 11) is -2.46. The average Bonchev–Trinajstić information content (AvgIpc) is 2.90. The summed E-state index contributed by atoms with van der Waals surface area (Å²) in [6.45, 7) is 5.56. The fourth-order valence-corrected chi connectivity index (χ4v) is 6.19. The Morgan fingerprint density at radius 3 is 2.14 bits per heavy atom. The van der Waals surface area contributed by atoms with Gasteiger partial charge in [-0.15, -0.1) is 0 Å². The molecule has 0 atom stereocenters. The Kier molecular flexibility index (Phi) is 9.64. The summed E-state index contributed by atoms with van der Waals surface area (Å²) in [6, 6.07) is 14.0. The van der Waals surface area contributed by atoms with Crippen molar-refractivity contribution < 1.29 is 32.6 Å². The molecule has 1 heterocycles. The zero-order valence-corrected chi connectivity index (χ0v) is 21.1. The average molecular weight is 507 g/mol. The molecule has 1 amide bonds. The van der Waals surface area contributed by atoms with Crippen LogP contribution in [0.4, 0.5) is 0 Å². The Morgan fingerprint density at radius 2 is 1.60 bits per heavy atom. The predicted octanol–water partition coefficient (Wildman–Crippen LogP) is 2.53. The van der Waals surface area contributed by atoms with Gasteiger partial charge in [0, 0.05) is 33.4 Å². The van der Waals surface area contributed by atoms with Crippen LogP contribution in [0, 0.1) is 0 Å². The van der Waals surface area contributed by atoms with Crippen molar-refractivity contribution in [3.63, 3.8) is 0 Å². The first kappa shape index (κ1) is 27.1. The number of methoxy groups -OCH3 is 1. The second-order valence-electron chi connectivity index (χ2n) is 8.37. The van der Waals surface area contributed by atoms with Gasteiger partial charge in [-0.1, -0.05) is 24.3 Å². The molecule has 0 spiro atoms. The fourth-order valence-electron chi connectivity index (χ4n) is 4.24. The normalized spacial score (nSPS) is 16.1. The molecule has 0 radical (unpaired) electrons. The first-order valence-corrected chi connectivity index (χ1v) is 13.2. The van der Waals surface area contributed by atoms with E-state index >= 15 is 0 Å². The van der Waals surface area contributed by atoms with Gasteiger partial charge in [0.2, 0.25) is 0 Å². The number of carbonyl (C=O) groups is 1. The Labute approximate surface area is 206 Å². The van der Waals surface area contributed by atoms with E-state index in [4.69, 9.17) is 14.2 Å². The molecule has 3 rings (SSSR count). The number of amides is 1. The topological polar surface area (TPSA) is 114 Å². The Hall–Kier alpha value is -2.50. The monoisotopic (exact) mass is 506 g/mol. The van der Waals surface area contributed by atoms with E-state index in [1.165, 1.54) is 12.1 Å². The van der Waals surface area contributed by atoms with Crippen LogP contribution >= 0.6 is 0 Å². The number of piperidine rings is 1. The molecule has 9 nitrogen and oxygen atoms in total. The van der Waals surface area contributed by atoms with E-state index in [-0.39, 0.29) is 17.7 Å². The van der Waals surface area contributed by atoms with Gasteiger partial charge >= 0.3 is 0 Å². The Bertz CT molecular complexity index is 1050. The van der Waals surface area contributed by atoms with Gasteiger partial charge in [-0.2, -0.15) is 0 Å². The molecule has 1 aliphatic rings.